The van der Waals surface area contributed by atoms with E-state index in [0.717, 1.165) is 48.1 Å². The van der Waals surface area contributed by atoms with Crippen molar-refractivity contribution in [3.05, 3.63) is 22.7 Å². The molecule has 0 spiro atoms. The number of aromatic nitrogens is 1. The number of hydrogen-bond donors (Lipinski definition) is 1. The summed E-state index contributed by atoms with van der Waals surface area (Å²) in [6.07, 6.45) is 5.17. The number of ether oxygens (including phenoxy) is 1. The summed E-state index contributed by atoms with van der Waals surface area (Å²) in [5, 5.41) is 3.81. The molecule has 1 saturated carbocycles. The first-order valence-corrected chi connectivity index (χ1v) is 10.7. The molecule has 0 saturated heterocycles. The minimum absolute atomic E-state index is 0.00632. The Kier molecular flexibility index (Phi) is 6.67. The summed E-state index contributed by atoms with van der Waals surface area (Å²) in [6.45, 7) is 5.00. The van der Waals surface area contributed by atoms with Crippen LogP contribution in [0.15, 0.2) is 12.1 Å². The van der Waals surface area contributed by atoms with E-state index >= 15 is 0 Å². The van der Waals surface area contributed by atoms with Crippen LogP contribution in [0.1, 0.15) is 61.3 Å². The summed E-state index contributed by atoms with van der Waals surface area (Å²) >= 11 is 1.28. The molecule has 7 heteroatoms. The van der Waals surface area contributed by atoms with Crippen molar-refractivity contribution < 1.29 is 14.3 Å². The van der Waals surface area contributed by atoms with Gasteiger partial charge in [0.1, 0.15) is 9.71 Å². The van der Waals surface area contributed by atoms with Gasteiger partial charge in [-0.15, -0.1) is 11.3 Å². The average Bonchev–Trinajstić information content (AvgIpc) is 3.05. The maximum absolute atomic E-state index is 12.8. The van der Waals surface area contributed by atoms with Crippen molar-refractivity contribution in [1.82, 2.24) is 9.88 Å². The van der Waals surface area contributed by atoms with Gasteiger partial charge in [-0.25, -0.2) is 9.78 Å². The average molecular weight is 404 g/mol. The van der Waals surface area contributed by atoms with Crippen LogP contribution < -0.4 is 5.32 Å². The number of carbonyl (C=O) groups excluding carboxylic acids is 2. The van der Waals surface area contributed by atoms with Gasteiger partial charge in [0.25, 0.3) is 0 Å². The third-order valence-electron chi connectivity index (χ3n) is 5.50. The van der Waals surface area contributed by atoms with Gasteiger partial charge in [0.05, 0.1) is 18.5 Å². The predicted molar refractivity (Wildman–Crippen MR) is 113 cm³/mol. The number of anilines is 1. The molecule has 28 heavy (non-hydrogen) atoms. The van der Waals surface area contributed by atoms with E-state index in [2.05, 4.69) is 31.1 Å². The molecule has 0 atom stereocenters. The maximum Gasteiger partial charge on any atom is 0.350 e. The molecule has 1 fully saturated rings. The Bertz CT molecular complexity index is 856. The molecule has 2 aromatic heterocycles. The summed E-state index contributed by atoms with van der Waals surface area (Å²) in [6, 6.07) is 4.33. The van der Waals surface area contributed by atoms with E-state index in [-0.39, 0.29) is 11.8 Å². The number of methoxy groups -OCH3 is 1. The fraction of sp³-hybridized carbons (Fsp3) is 0.571. The molecule has 0 aliphatic heterocycles. The first kappa shape index (κ1) is 20.7. The second kappa shape index (κ2) is 9.01. The summed E-state index contributed by atoms with van der Waals surface area (Å²) < 4.78 is 4.94. The first-order chi connectivity index (χ1) is 13.4. The highest BCUT2D eigenvalue weighted by Gasteiger charge is 2.26. The van der Waals surface area contributed by atoms with Gasteiger partial charge in [-0.05, 0) is 45.9 Å². The second-order valence-electron chi connectivity index (χ2n) is 7.79. The van der Waals surface area contributed by atoms with Crippen molar-refractivity contribution in [1.29, 1.82) is 0 Å². The van der Waals surface area contributed by atoms with Crippen molar-refractivity contribution in [3.63, 3.8) is 0 Å². The Morgan fingerprint density at radius 2 is 2.00 bits per heavy atom. The second-order valence-corrected chi connectivity index (χ2v) is 8.79. The zero-order chi connectivity index (χ0) is 20.3. The fourth-order valence-electron chi connectivity index (χ4n) is 3.49. The Morgan fingerprint density at radius 3 is 2.64 bits per heavy atom. The third kappa shape index (κ3) is 4.52. The molecule has 0 unspecified atom stereocenters. The zero-order valence-electron chi connectivity index (χ0n) is 17.1. The SMILES string of the molecule is COC(=O)c1sc2nc(CN(C)C(C)C)ccc2c1NC(=O)C1CCCCC1. The highest BCUT2D eigenvalue weighted by Crippen LogP contribution is 2.36. The van der Waals surface area contributed by atoms with Gasteiger partial charge in [0.2, 0.25) is 5.91 Å². The van der Waals surface area contributed by atoms with Crippen LogP contribution in [0.2, 0.25) is 0 Å². The van der Waals surface area contributed by atoms with Crippen LogP contribution >= 0.6 is 11.3 Å². The molecule has 152 valence electrons. The topological polar surface area (TPSA) is 71.5 Å². The van der Waals surface area contributed by atoms with Gasteiger partial charge in [-0.2, -0.15) is 0 Å². The van der Waals surface area contributed by atoms with Gasteiger partial charge in [0, 0.05) is 23.9 Å². The molecular formula is C21H29N3O3S. The van der Waals surface area contributed by atoms with Crippen LogP contribution in [0.5, 0.6) is 0 Å². The number of nitrogens with one attached hydrogen (secondary N) is 1. The molecule has 0 radical (unpaired) electrons. The lowest BCUT2D eigenvalue weighted by molar-refractivity contribution is -0.120. The normalized spacial score (nSPS) is 15.4. The van der Waals surface area contributed by atoms with Gasteiger partial charge in [-0.1, -0.05) is 19.3 Å². The number of fused-ring (bicyclic) bond motifs is 1. The van der Waals surface area contributed by atoms with Crippen molar-refractivity contribution in [2.75, 3.05) is 19.5 Å². The van der Waals surface area contributed by atoms with Crippen LogP contribution in [-0.2, 0) is 16.1 Å². The van der Waals surface area contributed by atoms with E-state index in [0.29, 0.717) is 16.6 Å². The summed E-state index contributed by atoms with van der Waals surface area (Å²) in [4.78, 5) is 33.2. The Labute approximate surface area is 170 Å². The lowest BCUT2D eigenvalue weighted by Crippen LogP contribution is -2.26. The summed E-state index contributed by atoms with van der Waals surface area (Å²) in [5.74, 6) is -0.433. The Balaban J connectivity index is 1.92. The van der Waals surface area contributed by atoms with Crippen LogP contribution in [0, 0.1) is 5.92 Å². The summed E-state index contributed by atoms with van der Waals surface area (Å²) in [5.41, 5.74) is 1.48. The van der Waals surface area contributed by atoms with Crippen molar-refractivity contribution in [2.45, 2.75) is 58.5 Å². The van der Waals surface area contributed by atoms with E-state index in [1.165, 1.54) is 24.9 Å². The number of esters is 1. The lowest BCUT2D eigenvalue weighted by atomic mass is 9.88. The zero-order valence-corrected chi connectivity index (χ0v) is 17.9. The van der Waals surface area contributed by atoms with Crippen molar-refractivity contribution in [3.8, 4) is 0 Å². The van der Waals surface area contributed by atoms with E-state index < -0.39 is 5.97 Å². The molecule has 6 nitrogen and oxygen atoms in total. The summed E-state index contributed by atoms with van der Waals surface area (Å²) in [7, 11) is 3.41. The quantitative estimate of drug-likeness (QED) is 0.722. The smallest absolute Gasteiger partial charge is 0.350 e. The fourth-order valence-corrected chi connectivity index (χ4v) is 4.56. The number of rotatable bonds is 6. The van der Waals surface area contributed by atoms with Crippen molar-refractivity contribution >= 4 is 39.1 Å². The number of thiophene rings is 1. The molecule has 0 aromatic carbocycles. The van der Waals surface area contributed by atoms with E-state index in [1.54, 1.807) is 0 Å². The molecule has 1 amide bonds. The molecule has 0 bridgehead atoms. The number of amides is 1. The van der Waals surface area contributed by atoms with Crippen molar-refractivity contribution in [2.24, 2.45) is 5.92 Å². The number of hydrogen-bond acceptors (Lipinski definition) is 6. The van der Waals surface area contributed by atoms with Crippen LogP contribution in [0.25, 0.3) is 10.2 Å². The molecule has 2 aromatic rings. The molecule has 1 N–H and O–H groups in total. The van der Waals surface area contributed by atoms with Gasteiger partial charge in [-0.3, -0.25) is 9.69 Å². The maximum atomic E-state index is 12.8. The monoisotopic (exact) mass is 403 g/mol. The van der Waals surface area contributed by atoms with Crippen LogP contribution in [-0.4, -0.2) is 42.0 Å². The van der Waals surface area contributed by atoms with Crippen LogP contribution in [0.3, 0.4) is 0 Å². The Hall–Kier alpha value is -1.99. The molecular weight excluding hydrogens is 374 g/mol. The first-order valence-electron chi connectivity index (χ1n) is 9.92. The molecule has 1 aliphatic rings. The highest BCUT2D eigenvalue weighted by atomic mass is 32.1. The minimum atomic E-state index is -0.442. The molecule has 2 heterocycles. The largest absolute Gasteiger partial charge is 0.465 e. The number of nitrogens with zero attached hydrogens (tertiary/aromatic N) is 2. The van der Waals surface area contributed by atoms with Gasteiger partial charge >= 0.3 is 5.97 Å². The number of carbonyl (C=O) groups is 2. The van der Waals surface area contributed by atoms with E-state index in [4.69, 9.17) is 9.72 Å². The minimum Gasteiger partial charge on any atom is -0.465 e. The van der Waals surface area contributed by atoms with Gasteiger partial charge < -0.3 is 10.1 Å². The molecule has 3 rings (SSSR count). The highest BCUT2D eigenvalue weighted by molar-refractivity contribution is 7.21. The predicted octanol–water partition coefficient (Wildman–Crippen LogP) is 4.44. The Morgan fingerprint density at radius 1 is 1.29 bits per heavy atom. The number of pyridine rings is 1. The van der Waals surface area contributed by atoms with Crippen LogP contribution in [0.4, 0.5) is 5.69 Å². The van der Waals surface area contributed by atoms with Gasteiger partial charge in [0.15, 0.2) is 0 Å². The lowest BCUT2D eigenvalue weighted by Gasteiger charge is -2.21. The standard InChI is InChI=1S/C21H29N3O3S/c1-13(2)24(3)12-15-10-11-16-17(18(21(26)27-4)28-20(16)22-15)23-19(25)14-8-6-5-7-9-14/h10-11,13-14H,5-9,12H2,1-4H3,(H,23,25). The van der Waals surface area contributed by atoms with E-state index in [1.807, 2.05) is 12.1 Å². The molecule has 1 aliphatic carbocycles. The third-order valence-corrected chi connectivity index (χ3v) is 6.58. The van der Waals surface area contributed by atoms with E-state index in [9.17, 15) is 9.59 Å².